The maximum atomic E-state index is 4.48. The molecule has 1 N–H and O–H groups in total. The number of aromatic nitrogens is 7. The molecule has 0 aliphatic heterocycles. The van der Waals surface area contributed by atoms with Gasteiger partial charge in [0.25, 0.3) is 0 Å². The molecular weight excluding hydrogens is 322 g/mol. The van der Waals surface area contributed by atoms with Crippen molar-refractivity contribution in [3.63, 3.8) is 0 Å². The number of tetrazole rings is 1. The maximum Gasteiger partial charge on any atom is 0.214 e. The zero-order chi connectivity index (χ0) is 17.1. The van der Waals surface area contributed by atoms with Gasteiger partial charge in [-0.2, -0.15) is 9.78 Å². The van der Waals surface area contributed by atoms with E-state index in [1.54, 1.807) is 16.4 Å². The second-order valence-electron chi connectivity index (χ2n) is 5.87. The van der Waals surface area contributed by atoms with Crippen molar-refractivity contribution in [2.45, 2.75) is 50.4 Å². The summed E-state index contributed by atoms with van der Waals surface area (Å²) in [7, 11) is 0. The Hall–Kier alpha value is -2.22. The lowest BCUT2D eigenvalue weighted by Crippen LogP contribution is -2.01. The van der Waals surface area contributed by atoms with Crippen LogP contribution in [0.5, 0.6) is 0 Å². The van der Waals surface area contributed by atoms with E-state index in [-0.39, 0.29) is 5.25 Å². The number of rotatable bonds is 6. The summed E-state index contributed by atoms with van der Waals surface area (Å²) < 4.78 is 1.75. The molecule has 1 aromatic carbocycles. The van der Waals surface area contributed by atoms with Crippen molar-refractivity contribution in [1.82, 2.24) is 35.4 Å². The number of thioether (sulfide) groups is 1. The van der Waals surface area contributed by atoms with Gasteiger partial charge in [-0.05, 0) is 41.0 Å². The summed E-state index contributed by atoms with van der Waals surface area (Å²) in [5, 5.41) is 20.1. The van der Waals surface area contributed by atoms with Crippen LogP contribution in [0.3, 0.4) is 0 Å². The van der Waals surface area contributed by atoms with Crippen molar-refractivity contribution in [1.29, 1.82) is 0 Å². The first kappa shape index (κ1) is 16.6. The van der Waals surface area contributed by atoms with E-state index in [2.05, 4.69) is 56.7 Å². The number of benzene rings is 1. The monoisotopic (exact) mass is 343 g/mol. The Morgan fingerprint density at radius 1 is 1.17 bits per heavy atom. The van der Waals surface area contributed by atoms with E-state index in [4.69, 9.17) is 0 Å². The van der Waals surface area contributed by atoms with Gasteiger partial charge in [-0.3, -0.25) is 5.10 Å². The molecule has 24 heavy (non-hydrogen) atoms. The first-order valence-electron chi connectivity index (χ1n) is 8.05. The van der Waals surface area contributed by atoms with Crippen LogP contribution in [-0.2, 0) is 6.42 Å². The van der Waals surface area contributed by atoms with Crippen molar-refractivity contribution in [2.24, 2.45) is 0 Å². The highest BCUT2D eigenvalue weighted by Crippen LogP contribution is 2.32. The number of aromatic amines is 1. The molecule has 0 saturated carbocycles. The molecule has 8 heteroatoms. The molecule has 0 saturated heterocycles. The minimum Gasteiger partial charge on any atom is -0.263 e. The third-order valence-electron chi connectivity index (χ3n) is 3.77. The van der Waals surface area contributed by atoms with Crippen molar-refractivity contribution in [2.75, 3.05) is 0 Å². The second kappa shape index (κ2) is 7.12. The average molecular weight is 343 g/mol. The molecule has 2 aromatic heterocycles. The molecular formula is C16H21N7S. The minimum atomic E-state index is 0.0567. The van der Waals surface area contributed by atoms with Crippen LogP contribution in [0.15, 0.2) is 29.4 Å². The molecule has 7 nitrogen and oxygen atoms in total. The van der Waals surface area contributed by atoms with Gasteiger partial charge >= 0.3 is 0 Å². The Labute approximate surface area is 145 Å². The second-order valence-corrected chi connectivity index (χ2v) is 7.18. The Bertz CT molecular complexity index is 791. The smallest absolute Gasteiger partial charge is 0.214 e. The lowest BCUT2D eigenvalue weighted by molar-refractivity contribution is 0.752. The zero-order valence-corrected chi connectivity index (χ0v) is 15.1. The zero-order valence-electron chi connectivity index (χ0n) is 14.3. The van der Waals surface area contributed by atoms with Gasteiger partial charge in [-0.1, -0.05) is 44.7 Å². The van der Waals surface area contributed by atoms with Crippen LogP contribution in [0.25, 0.3) is 5.69 Å². The third-order valence-corrected chi connectivity index (χ3v) is 4.80. The first-order chi connectivity index (χ1) is 11.6. The van der Waals surface area contributed by atoms with Crippen molar-refractivity contribution >= 4 is 11.8 Å². The van der Waals surface area contributed by atoms with Gasteiger partial charge in [0.2, 0.25) is 5.16 Å². The van der Waals surface area contributed by atoms with Crippen LogP contribution in [0.2, 0.25) is 0 Å². The van der Waals surface area contributed by atoms with Crippen LogP contribution in [0.1, 0.15) is 56.1 Å². The Morgan fingerprint density at radius 2 is 1.92 bits per heavy atom. The van der Waals surface area contributed by atoms with Crippen LogP contribution >= 0.6 is 11.8 Å². The van der Waals surface area contributed by atoms with Gasteiger partial charge in [-0.25, -0.2) is 4.98 Å². The van der Waals surface area contributed by atoms with Gasteiger partial charge in [0.05, 0.1) is 10.9 Å². The predicted molar refractivity (Wildman–Crippen MR) is 93.3 cm³/mol. The van der Waals surface area contributed by atoms with E-state index in [1.807, 2.05) is 26.0 Å². The molecule has 3 rings (SSSR count). The summed E-state index contributed by atoms with van der Waals surface area (Å²) in [4.78, 5) is 4.48. The molecule has 1 unspecified atom stereocenters. The lowest BCUT2D eigenvalue weighted by atomic mass is 10.0. The molecule has 1 atom stereocenters. The fourth-order valence-corrected chi connectivity index (χ4v) is 3.13. The van der Waals surface area contributed by atoms with E-state index >= 15 is 0 Å². The van der Waals surface area contributed by atoms with Crippen LogP contribution < -0.4 is 0 Å². The van der Waals surface area contributed by atoms with Crippen LogP contribution in [-0.4, -0.2) is 35.4 Å². The van der Waals surface area contributed by atoms with Gasteiger partial charge in [0.15, 0.2) is 5.82 Å². The fraction of sp³-hybridized carbons (Fsp3) is 0.438. The molecule has 0 amide bonds. The van der Waals surface area contributed by atoms with E-state index in [0.717, 1.165) is 28.9 Å². The van der Waals surface area contributed by atoms with Crippen LogP contribution in [0.4, 0.5) is 0 Å². The first-order valence-corrected chi connectivity index (χ1v) is 8.93. The summed E-state index contributed by atoms with van der Waals surface area (Å²) in [6.45, 7) is 8.45. The number of hydrogen-bond acceptors (Lipinski definition) is 6. The Kier molecular flexibility index (Phi) is 4.94. The summed E-state index contributed by atoms with van der Waals surface area (Å²) >= 11 is 1.54. The standard InChI is InChI=1S/C16H21N7S/c1-5-14-17-15(19-18-14)11(4)24-16-20-21-22-23(16)13-8-6-12(7-9-13)10(2)3/h6-11H,5H2,1-4H3,(H,17,18,19). The topological polar surface area (TPSA) is 85.2 Å². The molecule has 0 fully saturated rings. The van der Waals surface area contributed by atoms with Crippen molar-refractivity contribution in [3.05, 3.63) is 41.5 Å². The highest BCUT2D eigenvalue weighted by Gasteiger charge is 2.18. The van der Waals surface area contributed by atoms with Crippen molar-refractivity contribution < 1.29 is 0 Å². The number of H-pyrrole nitrogens is 1. The number of nitrogens with zero attached hydrogens (tertiary/aromatic N) is 6. The van der Waals surface area contributed by atoms with Gasteiger partial charge in [0.1, 0.15) is 5.82 Å². The van der Waals surface area contributed by atoms with E-state index in [1.165, 1.54) is 5.56 Å². The number of aryl methyl sites for hydroxylation is 1. The van der Waals surface area contributed by atoms with Crippen molar-refractivity contribution in [3.8, 4) is 5.69 Å². The predicted octanol–water partition coefficient (Wildman–Crippen LogP) is 3.32. The number of hydrogen-bond donors (Lipinski definition) is 1. The molecule has 2 heterocycles. The highest BCUT2D eigenvalue weighted by atomic mass is 32.2. The third kappa shape index (κ3) is 3.48. The Morgan fingerprint density at radius 3 is 2.54 bits per heavy atom. The minimum absolute atomic E-state index is 0.0567. The molecule has 0 radical (unpaired) electrons. The van der Waals surface area contributed by atoms with Gasteiger partial charge < -0.3 is 0 Å². The molecule has 0 aliphatic rings. The number of nitrogens with one attached hydrogen (secondary N) is 1. The molecule has 0 aliphatic carbocycles. The molecule has 0 spiro atoms. The van der Waals surface area contributed by atoms with Gasteiger partial charge in [0, 0.05) is 6.42 Å². The lowest BCUT2D eigenvalue weighted by Gasteiger charge is -2.09. The fourth-order valence-electron chi connectivity index (χ4n) is 2.28. The summed E-state index contributed by atoms with van der Waals surface area (Å²) in [5.41, 5.74) is 2.24. The summed E-state index contributed by atoms with van der Waals surface area (Å²) in [6, 6.07) is 8.31. The largest absolute Gasteiger partial charge is 0.263 e. The van der Waals surface area contributed by atoms with Gasteiger partial charge in [-0.15, -0.1) is 5.10 Å². The molecule has 0 bridgehead atoms. The highest BCUT2D eigenvalue weighted by molar-refractivity contribution is 7.99. The Balaban J connectivity index is 1.79. The molecule has 3 aromatic rings. The van der Waals surface area contributed by atoms with E-state index in [9.17, 15) is 0 Å². The van der Waals surface area contributed by atoms with Crippen LogP contribution in [0, 0.1) is 0 Å². The SMILES string of the molecule is CCc1nc(C(C)Sc2nnnn2-c2ccc(C(C)C)cc2)n[nH]1. The van der Waals surface area contributed by atoms with E-state index in [0.29, 0.717) is 5.92 Å². The maximum absolute atomic E-state index is 4.48. The van der Waals surface area contributed by atoms with E-state index < -0.39 is 0 Å². The average Bonchev–Trinajstić information content (AvgIpc) is 3.24. The summed E-state index contributed by atoms with van der Waals surface area (Å²) in [6.07, 6.45) is 0.838. The molecule has 126 valence electrons. The quantitative estimate of drug-likeness (QED) is 0.691. The summed E-state index contributed by atoms with van der Waals surface area (Å²) in [5.74, 6) is 2.16. The normalized spacial score (nSPS) is 12.7.